The van der Waals surface area contributed by atoms with Crippen LogP contribution in [-0.4, -0.2) is 55.2 Å². The molecule has 4 rings (SSSR count). The van der Waals surface area contributed by atoms with E-state index in [0.29, 0.717) is 50.0 Å². The van der Waals surface area contributed by atoms with Crippen molar-refractivity contribution in [3.63, 3.8) is 0 Å². The van der Waals surface area contributed by atoms with E-state index in [9.17, 15) is 14.4 Å². The maximum absolute atomic E-state index is 13.7. The van der Waals surface area contributed by atoms with Gasteiger partial charge in [-0.25, -0.2) is 4.79 Å². The molecule has 0 spiro atoms. The van der Waals surface area contributed by atoms with E-state index >= 15 is 0 Å². The molecule has 1 aliphatic heterocycles. The minimum Gasteiger partial charge on any atom is -0.404 e. The fourth-order valence-corrected chi connectivity index (χ4v) is 7.40. The second kappa shape index (κ2) is 15.1. The van der Waals surface area contributed by atoms with Crippen molar-refractivity contribution in [1.82, 2.24) is 16.0 Å². The Morgan fingerprint density at radius 1 is 0.976 bits per heavy atom. The van der Waals surface area contributed by atoms with Crippen LogP contribution < -0.4 is 21.7 Å². The van der Waals surface area contributed by atoms with Crippen LogP contribution in [0.2, 0.25) is 0 Å². The molecule has 4 aliphatic rings. The van der Waals surface area contributed by atoms with E-state index < -0.39 is 19.2 Å². The first-order chi connectivity index (χ1) is 19.4. The predicted molar refractivity (Wildman–Crippen MR) is 163 cm³/mol. The molecule has 2 bridgehead atoms. The molecule has 4 fully saturated rings. The van der Waals surface area contributed by atoms with Crippen molar-refractivity contribution in [1.29, 1.82) is 0 Å². The third-order valence-electron chi connectivity index (χ3n) is 9.98. The third kappa shape index (κ3) is 8.85. The van der Waals surface area contributed by atoms with Gasteiger partial charge in [-0.15, -0.1) is 0 Å². The molecule has 0 aromatic carbocycles. The number of urea groups is 1. The van der Waals surface area contributed by atoms with Gasteiger partial charge in [0.05, 0.1) is 17.6 Å². The molecule has 1 saturated heterocycles. The van der Waals surface area contributed by atoms with E-state index in [-0.39, 0.29) is 34.9 Å². The normalized spacial score (nSPS) is 27.5. The first kappa shape index (κ1) is 33.7. The summed E-state index contributed by atoms with van der Waals surface area (Å²) in [7, 11) is -0.521. The SMILES string of the molecule is CCCCCCCCCC(=O)N[C@@H](CCCNC(N)=O)C(=O)N[C@@H](CC(C)C)B1O[C@@H]2C[C@H]3C[C@H](C3(C)C)[C@]2(C)O1. The monoisotopic (exact) mass is 576 g/mol. The minimum absolute atomic E-state index is 0.0354. The van der Waals surface area contributed by atoms with Crippen LogP contribution in [0.4, 0.5) is 4.79 Å². The number of nitrogens with two attached hydrogens (primary N) is 1. The van der Waals surface area contributed by atoms with Crippen molar-refractivity contribution >= 4 is 25.0 Å². The summed E-state index contributed by atoms with van der Waals surface area (Å²) in [5.74, 6) is 0.733. The molecule has 9 nitrogen and oxygen atoms in total. The van der Waals surface area contributed by atoms with Crippen molar-refractivity contribution < 1.29 is 23.7 Å². The molecule has 0 unspecified atom stereocenters. The Bertz CT molecular complexity index is 887. The summed E-state index contributed by atoms with van der Waals surface area (Å²) in [6.07, 6.45) is 12.1. The van der Waals surface area contributed by atoms with Crippen molar-refractivity contribution in [3.05, 3.63) is 0 Å². The number of hydrogen-bond acceptors (Lipinski definition) is 5. The first-order valence-electron chi connectivity index (χ1n) is 16.3. The van der Waals surface area contributed by atoms with Crippen LogP contribution in [0, 0.1) is 23.2 Å². The minimum atomic E-state index is -0.706. The molecule has 0 aromatic heterocycles. The Labute approximate surface area is 248 Å². The Morgan fingerprint density at radius 3 is 2.29 bits per heavy atom. The van der Waals surface area contributed by atoms with E-state index in [0.717, 1.165) is 25.7 Å². The number of unbranched alkanes of at least 4 members (excludes halogenated alkanes) is 6. The standard InChI is InChI=1S/C31H57BN4O5/c1-7-8-9-10-11-12-13-16-27(37)35-23(15-14-17-34-29(33)39)28(38)36-26(18-21(2)3)32-40-25-20-22-19-24(30(22,4)5)31(25,6)41-32/h21-26H,7-20H2,1-6H3,(H,35,37)(H,36,38)(H3,33,34,39)/t22-,23+,24-,25-,26+,31+/m1/s1. The first-order valence-corrected chi connectivity index (χ1v) is 16.3. The molecule has 3 saturated carbocycles. The molecular weight excluding hydrogens is 519 g/mol. The topological polar surface area (TPSA) is 132 Å². The van der Waals surface area contributed by atoms with Crippen LogP contribution in [0.15, 0.2) is 0 Å². The summed E-state index contributed by atoms with van der Waals surface area (Å²) in [4.78, 5) is 37.6. The quantitative estimate of drug-likeness (QED) is 0.137. The van der Waals surface area contributed by atoms with E-state index in [4.69, 9.17) is 15.0 Å². The molecule has 0 radical (unpaired) electrons. The maximum atomic E-state index is 13.7. The highest BCUT2D eigenvalue weighted by Gasteiger charge is 2.68. The Balaban J connectivity index is 1.60. The van der Waals surface area contributed by atoms with Crippen LogP contribution >= 0.6 is 0 Å². The van der Waals surface area contributed by atoms with Gasteiger partial charge in [0.2, 0.25) is 11.8 Å². The molecule has 3 aliphatic carbocycles. The maximum Gasteiger partial charge on any atom is 0.481 e. The summed E-state index contributed by atoms with van der Waals surface area (Å²) in [5, 5.41) is 8.74. The second-order valence-electron chi connectivity index (χ2n) is 14.0. The zero-order valence-electron chi connectivity index (χ0n) is 26.6. The molecule has 0 aromatic rings. The zero-order valence-corrected chi connectivity index (χ0v) is 26.6. The van der Waals surface area contributed by atoms with E-state index in [1.165, 1.54) is 32.1 Å². The van der Waals surface area contributed by atoms with Crippen molar-refractivity contribution in [2.75, 3.05) is 6.54 Å². The summed E-state index contributed by atoms with van der Waals surface area (Å²) in [6, 6.07) is -1.31. The van der Waals surface area contributed by atoms with Gasteiger partial charge in [-0.2, -0.15) is 0 Å². The van der Waals surface area contributed by atoms with Crippen LogP contribution in [0.25, 0.3) is 0 Å². The fraction of sp³-hybridized carbons (Fsp3) is 0.903. The number of nitrogens with one attached hydrogen (secondary N) is 3. The van der Waals surface area contributed by atoms with Gasteiger partial charge in [0, 0.05) is 13.0 Å². The molecule has 5 N–H and O–H groups in total. The average Bonchev–Trinajstić information content (AvgIpc) is 3.26. The van der Waals surface area contributed by atoms with Crippen LogP contribution in [0.5, 0.6) is 0 Å². The summed E-state index contributed by atoms with van der Waals surface area (Å²) < 4.78 is 13.2. The largest absolute Gasteiger partial charge is 0.481 e. The molecule has 1 heterocycles. The summed E-state index contributed by atoms with van der Waals surface area (Å²) in [5.41, 5.74) is 5.09. The van der Waals surface area contributed by atoms with Crippen molar-refractivity contribution in [2.24, 2.45) is 28.9 Å². The number of carbonyl (C=O) groups excluding carboxylic acids is 3. The number of carbonyl (C=O) groups is 3. The van der Waals surface area contributed by atoms with Crippen molar-refractivity contribution in [3.8, 4) is 0 Å². The number of primary amides is 1. The average molecular weight is 577 g/mol. The Kier molecular flexibility index (Phi) is 12.4. The molecule has 4 amide bonds. The lowest BCUT2D eigenvalue weighted by molar-refractivity contribution is -0.199. The predicted octanol–water partition coefficient (Wildman–Crippen LogP) is 4.86. The lowest BCUT2D eigenvalue weighted by Gasteiger charge is -2.64. The van der Waals surface area contributed by atoms with Crippen LogP contribution in [0.3, 0.4) is 0 Å². The van der Waals surface area contributed by atoms with Gasteiger partial charge < -0.3 is 31.0 Å². The Morgan fingerprint density at radius 2 is 1.66 bits per heavy atom. The van der Waals surface area contributed by atoms with Gasteiger partial charge in [0.25, 0.3) is 0 Å². The van der Waals surface area contributed by atoms with E-state index in [2.05, 4.69) is 57.5 Å². The fourth-order valence-electron chi connectivity index (χ4n) is 7.40. The van der Waals surface area contributed by atoms with Gasteiger partial charge in [-0.3, -0.25) is 9.59 Å². The molecule has 234 valence electrons. The number of rotatable bonds is 18. The van der Waals surface area contributed by atoms with Crippen molar-refractivity contribution in [2.45, 2.75) is 149 Å². The smallest absolute Gasteiger partial charge is 0.404 e. The third-order valence-corrected chi connectivity index (χ3v) is 9.98. The van der Waals surface area contributed by atoms with Gasteiger partial charge in [0.1, 0.15) is 6.04 Å². The number of amides is 4. The Hall–Kier alpha value is -1.81. The van der Waals surface area contributed by atoms with E-state index in [1.54, 1.807) is 0 Å². The summed E-state index contributed by atoms with van der Waals surface area (Å²) >= 11 is 0. The van der Waals surface area contributed by atoms with Crippen LogP contribution in [-0.2, 0) is 18.9 Å². The van der Waals surface area contributed by atoms with Gasteiger partial charge in [-0.05, 0) is 68.6 Å². The van der Waals surface area contributed by atoms with Gasteiger partial charge >= 0.3 is 13.1 Å². The lowest BCUT2D eigenvalue weighted by atomic mass is 9.43. The van der Waals surface area contributed by atoms with E-state index in [1.807, 2.05) is 0 Å². The lowest BCUT2D eigenvalue weighted by Crippen LogP contribution is -2.65. The highest BCUT2D eigenvalue weighted by Crippen LogP contribution is 2.65. The molecule has 41 heavy (non-hydrogen) atoms. The molecular formula is C31H57BN4O5. The van der Waals surface area contributed by atoms with Crippen LogP contribution in [0.1, 0.15) is 125 Å². The highest BCUT2D eigenvalue weighted by atomic mass is 16.7. The summed E-state index contributed by atoms with van der Waals surface area (Å²) in [6.45, 7) is 13.7. The number of hydrogen-bond donors (Lipinski definition) is 4. The highest BCUT2D eigenvalue weighted by molar-refractivity contribution is 6.48. The second-order valence-corrected chi connectivity index (χ2v) is 14.0. The molecule has 10 heteroatoms. The van der Waals surface area contributed by atoms with Gasteiger partial charge in [0.15, 0.2) is 0 Å². The molecule has 6 atom stereocenters. The van der Waals surface area contributed by atoms with Gasteiger partial charge in [-0.1, -0.05) is 73.1 Å². The zero-order chi connectivity index (χ0) is 30.2.